The van der Waals surface area contributed by atoms with Gasteiger partial charge in [0.1, 0.15) is 0 Å². The Kier molecular flexibility index (Phi) is 3.90. The lowest BCUT2D eigenvalue weighted by molar-refractivity contribution is 0.0999. The van der Waals surface area contributed by atoms with Gasteiger partial charge < -0.3 is 5.73 Å². The van der Waals surface area contributed by atoms with Gasteiger partial charge in [-0.3, -0.25) is 14.5 Å². The minimum Gasteiger partial charge on any atom is -0.366 e. The fraction of sp³-hybridized carbons (Fsp3) is 0.250. The fourth-order valence-electron chi connectivity index (χ4n) is 0.944. The van der Waals surface area contributed by atoms with E-state index in [0.29, 0.717) is 5.56 Å². The molecule has 0 saturated carbocycles. The molecular formula is C8H11FN2O. The van der Waals surface area contributed by atoms with Crippen LogP contribution in [0.25, 0.3) is 0 Å². The summed E-state index contributed by atoms with van der Waals surface area (Å²) in [4.78, 5) is 14.8. The number of hydrogen-bond donors (Lipinski definition) is 1. The summed E-state index contributed by atoms with van der Waals surface area (Å²) < 4.78 is 0. The Labute approximate surface area is 70.0 Å². The van der Waals surface area contributed by atoms with Gasteiger partial charge in [0.25, 0.3) is 5.91 Å². The quantitative estimate of drug-likeness (QED) is 0.716. The molecule has 0 atom stereocenters. The molecule has 66 valence electrons. The third-order valence-electron chi connectivity index (χ3n) is 1.49. The molecule has 12 heavy (non-hydrogen) atoms. The van der Waals surface area contributed by atoms with Crippen LogP contribution in [-0.2, 0) is 6.42 Å². The van der Waals surface area contributed by atoms with E-state index < -0.39 is 5.91 Å². The first-order valence-corrected chi connectivity index (χ1v) is 3.49. The maximum atomic E-state index is 10.8. The van der Waals surface area contributed by atoms with Gasteiger partial charge in [0, 0.05) is 6.20 Å². The lowest BCUT2D eigenvalue weighted by Gasteiger charge is -2.00. The normalized spacial score (nSPS) is 8.75. The Morgan fingerprint density at radius 2 is 2.33 bits per heavy atom. The smallest absolute Gasteiger partial charge is 0.250 e. The van der Waals surface area contributed by atoms with Crippen molar-refractivity contribution in [2.24, 2.45) is 5.73 Å². The number of aromatic nitrogens is 1. The third-order valence-corrected chi connectivity index (χ3v) is 1.49. The first-order chi connectivity index (χ1) is 5.25. The molecule has 0 bridgehead atoms. The lowest BCUT2D eigenvalue weighted by Crippen LogP contribution is -2.14. The summed E-state index contributed by atoms with van der Waals surface area (Å²) in [6.45, 7) is 1.94. The molecule has 4 heteroatoms. The van der Waals surface area contributed by atoms with Crippen LogP contribution in [0, 0.1) is 0 Å². The Morgan fingerprint density at radius 1 is 1.67 bits per heavy atom. The Morgan fingerprint density at radius 3 is 2.75 bits per heavy atom. The van der Waals surface area contributed by atoms with Crippen LogP contribution in [0.2, 0.25) is 0 Å². The van der Waals surface area contributed by atoms with Crippen molar-refractivity contribution in [3.8, 4) is 0 Å². The predicted octanol–water partition coefficient (Wildman–Crippen LogP) is 0.895. The fourth-order valence-corrected chi connectivity index (χ4v) is 0.944. The van der Waals surface area contributed by atoms with E-state index in [1.165, 1.54) is 0 Å². The molecule has 0 aliphatic carbocycles. The highest BCUT2D eigenvalue weighted by Gasteiger charge is 2.04. The SMILES string of the molecule is CCc1ncccc1C(N)=O.F. The molecule has 0 saturated heterocycles. The van der Waals surface area contributed by atoms with Gasteiger partial charge in [0.15, 0.2) is 0 Å². The maximum absolute atomic E-state index is 10.8. The summed E-state index contributed by atoms with van der Waals surface area (Å²) in [6, 6.07) is 3.40. The van der Waals surface area contributed by atoms with Gasteiger partial charge in [-0.25, -0.2) is 0 Å². The molecule has 1 amide bonds. The summed E-state index contributed by atoms with van der Waals surface area (Å²) in [5.74, 6) is -0.407. The molecule has 1 aromatic heterocycles. The number of rotatable bonds is 2. The first-order valence-electron chi connectivity index (χ1n) is 3.49. The summed E-state index contributed by atoms with van der Waals surface area (Å²) in [6.07, 6.45) is 2.39. The molecule has 2 N–H and O–H groups in total. The predicted molar refractivity (Wildman–Crippen MR) is 44.6 cm³/mol. The van der Waals surface area contributed by atoms with Crippen LogP contribution < -0.4 is 5.73 Å². The molecule has 0 aromatic carbocycles. The van der Waals surface area contributed by atoms with E-state index in [0.717, 1.165) is 12.1 Å². The topological polar surface area (TPSA) is 56.0 Å². The molecule has 0 fully saturated rings. The molecule has 3 nitrogen and oxygen atoms in total. The van der Waals surface area contributed by atoms with Gasteiger partial charge >= 0.3 is 0 Å². The molecule has 1 rings (SSSR count). The molecule has 0 aliphatic heterocycles. The Hall–Kier alpha value is -1.45. The number of amides is 1. The van der Waals surface area contributed by atoms with E-state index in [1.807, 2.05) is 6.92 Å². The molecule has 0 aliphatic rings. The van der Waals surface area contributed by atoms with Crippen LogP contribution in [0.5, 0.6) is 0 Å². The number of hydrogen-bond acceptors (Lipinski definition) is 2. The highest BCUT2D eigenvalue weighted by molar-refractivity contribution is 5.93. The van der Waals surface area contributed by atoms with Gasteiger partial charge in [-0.1, -0.05) is 6.92 Å². The van der Waals surface area contributed by atoms with E-state index in [2.05, 4.69) is 4.98 Å². The molecule has 0 radical (unpaired) electrons. The Bertz CT molecular complexity index is 276. The van der Waals surface area contributed by atoms with Gasteiger partial charge in [-0.2, -0.15) is 0 Å². The van der Waals surface area contributed by atoms with Crippen molar-refractivity contribution in [2.45, 2.75) is 13.3 Å². The van der Waals surface area contributed by atoms with E-state index in [4.69, 9.17) is 5.73 Å². The molecular weight excluding hydrogens is 159 g/mol. The minimum atomic E-state index is -0.407. The molecule has 0 unspecified atom stereocenters. The standard InChI is InChI=1S/C8H10N2O.FH/c1-2-7-6(8(9)11)4-3-5-10-7;/h3-5H,2H2,1H3,(H2,9,11);1H. The van der Waals surface area contributed by atoms with Gasteiger partial charge in [-0.05, 0) is 18.6 Å². The zero-order chi connectivity index (χ0) is 8.27. The number of carbonyl (C=O) groups is 1. The van der Waals surface area contributed by atoms with E-state index >= 15 is 0 Å². The van der Waals surface area contributed by atoms with Crippen LogP contribution in [0.4, 0.5) is 4.70 Å². The van der Waals surface area contributed by atoms with Crippen molar-refractivity contribution in [1.82, 2.24) is 4.98 Å². The third kappa shape index (κ3) is 2.02. The van der Waals surface area contributed by atoms with E-state index in [1.54, 1.807) is 18.3 Å². The Balaban J connectivity index is 0.00000121. The highest BCUT2D eigenvalue weighted by Crippen LogP contribution is 2.03. The second-order valence-corrected chi connectivity index (χ2v) is 2.22. The van der Waals surface area contributed by atoms with Crippen molar-refractivity contribution in [3.63, 3.8) is 0 Å². The summed E-state index contributed by atoms with van der Waals surface area (Å²) in [5, 5.41) is 0. The van der Waals surface area contributed by atoms with Crippen LogP contribution >= 0.6 is 0 Å². The number of halogens is 1. The zero-order valence-electron chi connectivity index (χ0n) is 6.78. The second-order valence-electron chi connectivity index (χ2n) is 2.22. The number of primary amides is 1. The summed E-state index contributed by atoms with van der Waals surface area (Å²) in [5.41, 5.74) is 6.40. The van der Waals surface area contributed by atoms with Crippen LogP contribution in [0.3, 0.4) is 0 Å². The van der Waals surface area contributed by atoms with Crippen LogP contribution in [0.15, 0.2) is 18.3 Å². The summed E-state index contributed by atoms with van der Waals surface area (Å²) in [7, 11) is 0. The number of nitrogens with two attached hydrogens (primary N) is 1. The second kappa shape index (κ2) is 4.43. The van der Waals surface area contributed by atoms with Crippen LogP contribution in [-0.4, -0.2) is 10.9 Å². The van der Waals surface area contributed by atoms with Gasteiger partial charge in [-0.15, -0.1) is 0 Å². The maximum Gasteiger partial charge on any atom is 0.250 e. The lowest BCUT2D eigenvalue weighted by atomic mass is 10.1. The average Bonchev–Trinajstić information content (AvgIpc) is 2.04. The molecule has 1 heterocycles. The van der Waals surface area contributed by atoms with Gasteiger partial charge in [0.05, 0.1) is 11.3 Å². The van der Waals surface area contributed by atoms with Crippen molar-refractivity contribution in [3.05, 3.63) is 29.6 Å². The minimum absolute atomic E-state index is 0. The number of pyridine rings is 1. The molecule has 0 spiro atoms. The van der Waals surface area contributed by atoms with Gasteiger partial charge in [0.2, 0.25) is 0 Å². The zero-order valence-corrected chi connectivity index (χ0v) is 6.78. The number of carbonyl (C=O) groups excluding carboxylic acids is 1. The van der Waals surface area contributed by atoms with Crippen molar-refractivity contribution in [2.75, 3.05) is 0 Å². The van der Waals surface area contributed by atoms with E-state index in [-0.39, 0.29) is 4.70 Å². The summed E-state index contributed by atoms with van der Waals surface area (Å²) >= 11 is 0. The van der Waals surface area contributed by atoms with Crippen molar-refractivity contribution in [1.29, 1.82) is 0 Å². The van der Waals surface area contributed by atoms with Crippen LogP contribution in [0.1, 0.15) is 23.0 Å². The highest BCUT2D eigenvalue weighted by atomic mass is 19.0. The monoisotopic (exact) mass is 170 g/mol. The molecule has 1 aromatic rings. The number of nitrogens with zero attached hydrogens (tertiary/aromatic N) is 1. The van der Waals surface area contributed by atoms with E-state index in [9.17, 15) is 4.79 Å². The first kappa shape index (κ1) is 10.6. The van der Waals surface area contributed by atoms with Crippen molar-refractivity contribution >= 4 is 5.91 Å². The largest absolute Gasteiger partial charge is 0.366 e. The number of aryl methyl sites for hydroxylation is 1. The van der Waals surface area contributed by atoms with Crippen molar-refractivity contribution < 1.29 is 9.50 Å². The average molecular weight is 170 g/mol.